The standard InChI is InChI=1S/C17H14N2O5S2/c18-26(23,24)17-8-4-3-7-16(17)25(21,22)11-15(20)13-9-12-5-1-2-6-14(12)19-10-13/h1-10H,11H2,(H2,18,23,24). The van der Waals surface area contributed by atoms with Crippen LogP contribution in [-0.4, -0.2) is 33.4 Å². The van der Waals surface area contributed by atoms with Crippen molar-refractivity contribution in [2.45, 2.75) is 9.79 Å². The quantitative estimate of drug-likeness (QED) is 0.659. The molecule has 0 bridgehead atoms. The largest absolute Gasteiger partial charge is 0.293 e. The number of hydrogen-bond donors (Lipinski definition) is 1. The molecule has 26 heavy (non-hydrogen) atoms. The van der Waals surface area contributed by atoms with Crippen LogP contribution >= 0.6 is 0 Å². The highest BCUT2D eigenvalue weighted by atomic mass is 32.2. The van der Waals surface area contributed by atoms with E-state index in [9.17, 15) is 21.6 Å². The average molecular weight is 390 g/mol. The summed E-state index contributed by atoms with van der Waals surface area (Å²) < 4.78 is 48.4. The Morgan fingerprint density at radius 1 is 0.923 bits per heavy atom. The molecule has 0 radical (unpaired) electrons. The van der Waals surface area contributed by atoms with Crippen molar-refractivity contribution in [2.24, 2.45) is 5.14 Å². The Kier molecular flexibility index (Phi) is 4.61. The second-order valence-corrected chi connectivity index (χ2v) is 9.08. The zero-order chi connectivity index (χ0) is 18.9. The second kappa shape index (κ2) is 6.60. The number of pyridine rings is 1. The summed E-state index contributed by atoms with van der Waals surface area (Å²) >= 11 is 0. The summed E-state index contributed by atoms with van der Waals surface area (Å²) in [5.74, 6) is -1.58. The number of fused-ring (bicyclic) bond motifs is 1. The number of benzene rings is 2. The first kappa shape index (κ1) is 18.2. The molecule has 0 saturated heterocycles. The Hall–Kier alpha value is -2.62. The number of sulfone groups is 1. The van der Waals surface area contributed by atoms with Gasteiger partial charge in [-0.2, -0.15) is 0 Å². The predicted molar refractivity (Wildman–Crippen MR) is 95.9 cm³/mol. The van der Waals surface area contributed by atoms with Crippen molar-refractivity contribution in [1.82, 2.24) is 4.98 Å². The van der Waals surface area contributed by atoms with Gasteiger partial charge in [-0.15, -0.1) is 0 Å². The molecule has 0 fully saturated rings. The number of para-hydroxylation sites is 1. The maximum atomic E-state index is 12.6. The van der Waals surface area contributed by atoms with Crippen LogP contribution in [0.4, 0.5) is 0 Å². The van der Waals surface area contributed by atoms with Crippen LogP contribution < -0.4 is 5.14 Å². The van der Waals surface area contributed by atoms with Crippen molar-refractivity contribution in [3.05, 3.63) is 66.4 Å². The lowest BCUT2D eigenvalue weighted by Crippen LogP contribution is -2.21. The number of Topliss-reactive ketones (excluding diaryl/α,β-unsaturated/α-hetero) is 1. The lowest BCUT2D eigenvalue weighted by atomic mass is 10.1. The number of carbonyl (C=O) groups is 1. The SMILES string of the molecule is NS(=O)(=O)c1ccccc1S(=O)(=O)CC(=O)c1cnc2ccccc2c1. The molecule has 134 valence electrons. The van der Waals surface area contributed by atoms with E-state index >= 15 is 0 Å². The van der Waals surface area contributed by atoms with Crippen LogP contribution in [0.25, 0.3) is 10.9 Å². The molecule has 0 spiro atoms. The molecule has 3 rings (SSSR count). The minimum atomic E-state index is -4.25. The van der Waals surface area contributed by atoms with Gasteiger partial charge in [-0.3, -0.25) is 9.78 Å². The Bertz CT molecular complexity index is 1220. The summed E-state index contributed by atoms with van der Waals surface area (Å²) in [6.07, 6.45) is 1.30. The Morgan fingerprint density at radius 3 is 2.23 bits per heavy atom. The smallest absolute Gasteiger partial charge is 0.239 e. The van der Waals surface area contributed by atoms with Gasteiger partial charge in [0.25, 0.3) is 0 Å². The molecule has 0 aliphatic rings. The monoisotopic (exact) mass is 390 g/mol. The normalized spacial score (nSPS) is 12.2. The molecular formula is C17H14N2O5S2. The number of carbonyl (C=O) groups excluding carboxylic acids is 1. The van der Waals surface area contributed by atoms with Crippen molar-refractivity contribution in [2.75, 3.05) is 5.75 Å². The summed E-state index contributed by atoms with van der Waals surface area (Å²) in [6, 6.07) is 13.6. The minimum absolute atomic E-state index is 0.125. The Balaban J connectivity index is 1.98. The third-order valence-electron chi connectivity index (χ3n) is 3.72. The number of ketones is 1. The molecule has 0 aliphatic carbocycles. The van der Waals surface area contributed by atoms with Crippen molar-refractivity contribution < 1.29 is 21.6 Å². The van der Waals surface area contributed by atoms with E-state index in [0.717, 1.165) is 12.1 Å². The fourth-order valence-electron chi connectivity index (χ4n) is 2.50. The number of primary sulfonamides is 1. The number of hydrogen-bond acceptors (Lipinski definition) is 6. The fourth-order valence-corrected chi connectivity index (χ4v) is 5.17. The molecule has 2 N–H and O–H groups in total. The zero-order valence-corrected chi connectivity index (χ0v) is 15.0. The van der Waals surface area contributed by atoms with Crippen molar-refractivity contribution in [3.63, 3.8) is 0 Å². The summed E-state index contributed by atoms with van der Waals surface area (Å²) in [7, 11) is -8.46. The average Bonchev–Trinajstić information content (AvgIpc) is 2.60. The first-order valence-electron chi connectivity index (χ1n) is 7.41. The summed E-state index contributed by atoms with van der Waals surface area (Å²) in [5.41, 5.74) is 0.798. The second-order valence-electron chi connectivity index (χ2n) is 5.59. The maximum Gasteiger partial charge on any atom is 0.239 e. The maximum absolute atomic E-state index is 12.6. The zero-order valence-electron chi connectivity index (χ0n) is 13.4. The number of nitrogens with zero attached hydrogens (tertiary/aromatic N) is 1. The van der Waals surface area contributed by atoms with E-state index in [1.54, 1.807) is 30.3 Å². The van der Waals surface area contributed by atoms with Gasteiger partial charge in [0, 0.05) is 17.1 Å². The molecule has 0 amide bonds. The molecule has 9 heteroatoms. The van der Waals surface area contributed by atoms with Crippen LogP contribution in [0.5, 0.6) is 0 Å². The topological polar surface area (TPSA) is 124 Å². The highest BCUT2D eigenvalue weighted by Gasteiger charge is 2.27. The fraction of sp³-hybridized carbons (Fsp3) is 0.0588. The minimum Gasteiger partial charge on any atom is -0.293 e. The summed E-state index contributed by atoms with van der Waals surface area (Å²) in [4.78, 5) is 15.5. The number of nitrogens with two attached hydrogens (primary N) is 1. The molecule has 1 heterocycles. The Morgan fingerprint density at radius 2 is 1.54 bits per heavy atom. The molecule has 1 aromatic heterocycles. The third-order valence-corrected chi connectivity index (χ3v) is 6.49. The van der Waals surface area contributed by atoms with Gasteiger partial charge >= 0.3 is 0 Å². The highest BCUT2D eigenvalue weighted by molar-refractivity contribution is 7.94. The molecule has 3 aromatic rings. The number of rotatable bonds is 5. The van der Waals surface area contributed by atoms with Crippen molar-refractivity contribution in [1.29, 1.82) is 0 Å². The highest BCUT2D eigenvalue weighted by Crippen LogP contribution is 2.22. The van der Waals surface area contributed by atoms with E-state index in [1.165, 1.54) is 18.3 Å². The molecular weight excluding hydrogens is 376 g/mol. The van der Waals surface area contributed by atoms with Gasteiger partial charge in [0.1, 0.15) is 10.6 Å². The van der Waals surface area contributed by atoms with Crippen molar-refractivity contribution in [3.8, 4) is 0 Å². The molecule has 0 aliphatic heterocycles. The van der Waals surface area contributed by atoms with Gasteiger partial charge in [-0.05, 0) is 24.3 Å². The lowest BCUT2D eigenvalue weighted by molar-refractivity contribution is 0.102. The van der Waals surface area contributed by atoms with Gasteiger partial charge in [0.05, 0.1) is 10.4 Å². The molecule has 0 atom stereocenters. The molecule has 0 saturated carbocycles. The van der Waals surface area contributed by atoms with Crippen LogP contribution in [0.1, 0.15) is 10.4 Å². The number of aromatic nitrogens is 1. The summed E-state index contributed by atoms with van der Waals surface area (Å²) in [5, 5.41) is 5.77. The summed E-state index contributed by atoms with van der Waals surface area (Å²) in [6.45, 7) is 0. The van der Waals surface area contributed by atoms with E-state index in [1.807, 2.05) is 0 Å². The van der Waals surface area contributed by atoms with Gasteiger partial charge in [-0.1, -0.05) is 30.3 Å². The first-order chi connectivity index (χ1) is 12.2. The van der Waals surface area contributed by atoms with Crippen LogP contribution in [0.3, 0.4) is 0 Å². The molecule has 7 nitrogen and oxygen atoms in total. The lowest BCUT2D eigenvalue weighted by Gasteiger charge is -2.09. The first-order valence-corrected chi connectivity index (χ1v) is 10.6. The van der Waals surface area contributed by atoms with Gasteiger partial charge < -0.3 is 0 Å². The van der Waals surface area contributed by atoms with E-state index < -0.39 is 41.2 Å². The van der Waals surface area contributed by atoms with Gasteiger partial charge in [0.15, 0.2) is 15.6 Å². The van der Waals surface area contributed by atoms with E-state index in [4.69, 9.17) is 5.14 Å². The van der Waals surface area contributed by atoms with Crippen molar-refractivity contribution >= 4 is 36.5 Å². The van der Waals surface area contributed by atoms with Gasteiger partial charge in [-0.25, -0.2) is 22.0 Å². The van der Waals surface area contributed by atoms with Crippen LogP contribution in [0, 0.1) is 0 Å². The number of sulfonamides is 1. The molecule has 0 unspecified atom stereocenters. The van der Waals surface area contributed by atoms with E-state index in [0.29, 0.717) is 10.9 Å². The Labute approximate surface area is 150 Å². The van der Waals surface area contributed by atoms with Crippen LogP contribution in [-0.2, 0) is 19.9 Å². The molecule has 2 aromatic carbocycles. The van der Waals surface area contributed by atoms with Crippen LogP contribution in [0.15, 0.2) is 70.6 Å². The van der Waals surface area contributed by atoms with Gasteiger partial charge in [0.2, 0.25) is 10.0 Å². The third kappa shape index (κ3) is 3.64. The van der Waals surface area contributed by atoms with E-state index in [-0.39, 0.29) is 5.56 Å². The van der Waals surface area contributed by atoms with Crippen LogP contribution in [0.2, 0.25) is 0 Å². The predicted octanol–water partition coefficient (Wildman–Crippen LogP) is 1.54. The van der Waals surface area contributed by atoms with E-state index in [2.05, 4.69) is 4.98 Å².